The van der Waals surface area contributed by atoms with Gasteiger partial charge in [-0.3, -0.25) is 4.79 Å². The molecule has 116 valence electrons. The lowest BCUT2D eigenvalue weighted by atomic mass is 10.2. The summed E-state index contributed by atoms with van der Waals surface area (Å²) in [7, 11) is 0. The third kappa shape index (κ3) is 4.37. The minimum absolute atomic E-state index is 0.0758. The third-order valence-electron chi connectivity index (χ3n) is 3.16. The van der Waals surface area contributed by atoms with Gasteiger partial charge in [-0.1, -0.05) is 34.8 Å². The smallest absolute Gasteiger partial charge is 0.227 e. The molecule has 0 aliphatic rings. The van der Waals surface area contributed by atoms with E-state index in [2.05, 4.69) is 14.9 Å². The van der Waals surface area contributed by atoms with Crippen molar-refractivity contribution in [2.45, 2.75) is 6.42 Å². The molecule has 2 aromatic carbocycles. The van der Waals surface area contributed by atoms with Gasteiger partial charge in [-0.25, -0.2) is 0 Å². The number of aromatic nitrogens is 2. The first-order chi connectivity index (χ1) is 11.3. The molecule has 1 N–H and O–H groups in total. The van der Waals surface area contributed by atoms with Gasteiger partial charge in [-0.05, 0) is 41.4 Å². The Kier molecular flexibility index (Phi) is 4.95. The van der Waals surface area contributed by atoms with Crippen LogP contribution in [0.4, 0.5) is 5.69 Å². The quantitative estimate of drug-likeness (QED) is 0.752. The highest BCUT2D eigenvalue weighted by Crippen LogP contribution is 2.23. The normalized spacial score (nSPS) is 10.3. The number of rotatable bonds is 6. The van der Waals surface area contributed by atoms with E-state index in [9.17, 15) is 4.79 Å². The van der Waals surface area contributed by atoms with Crippen molar-refractivity contribution in [3.8, 4) is 16.2 Å². The van der Waals surface area contributed by atoms with Gasteiger partial charge in [0.05, 0.1) is 24.1 Å². The molecule has 1 amide bonds. The Morgan fingerprint density at radius 3 is 2.57 bits per heavy atom. The molecule has 1 aromatic heterocycles. The number of hydrogen-bond acceptors (Lipinski definition) is 5. The second-order valence-corrected chi connectivity index (χ2v) is 5.60. The topological polar surface area (TPSA) is 64.1 Å². The molecule has 0 spiro atoms. The van der Waals surface area contributed by atoms with Gasteiger partial charge in [0.25, 0.3) is 0 Å². The number of hydrogen-bond donors (Lipinski definition) is 1. The van der Waals surface area contributed by atoms with Crippen molar-refractivity contribution < 1.29 is 9.53 Å². The number of amides is 1. The summed E-state index contributed by atoms with van der Waals surface area (Å²) in [5.41, 5.74) is 1.79. The zero-order valence-electron chi connectivity index (χ0n) is 12.3. The minimum Gasteiger partial charge on any atom is -0.493 e. The monoisotopic (exact) mass is 325 g/mol. The molecule has 0 fully saturated rings. The Morgan fingerprint density at radius 2 is 1.87 bits per heavy atom. The Bertz CT molecular complexity index is 743. The number of nitrogens with one attached hydrogen (secondary N) is 1. The van der Waals surface area contributed by atoms with Gasteiger partial charge in [0.15, 0.2) is 0 Å². The molecule has 23 heavy (non-hydrogen) atoms. The highest BCUT2D eigenvalue weighted by molar-refractivity contribution is 7.09. The standard InChI is InChI=1S/C17H15N3O2S/c21-17(10-11-22-15-4-2-1-3-5-15)19-14-8-6-13(7-9-14)16-12-18-20-23-16/h1-9,12H,10-11H2,(H,19,21). The molecule has 0 radical (unpaired) electrons. The summed E-state index contributed by atoms with van der Waals surface area (Å²) in [5, 5.41) is 6.67. The number of benzene rings is 2. The van der Waals surface area contributed by atoms with Gasteiger partial charge in [-0.15, -0.1) is 5.10 Å². The highest BCUT2D eigenvalue weighted by atomic mass is 32.1. The Balaban J connectivity index is 1.48. The first-order valence-corrected chi connectivity index (χ1v) is 7.94. The summed E-state index contributed by atoms with van der Waals surface area (Å²) in [6.07, 6.45) is 2.02. The van der Waals surface area contributed by atoms with Crippen molar-refractivity contribution in [3.05, 3.63) is 60.8 Å². The zero-order chi connectivity index (χ0) is 15.9. The summed E-state index contributed by atoms with van der Waals surface area (Å²) in [4.78, 5) is 12.9. The zero-order valence-corrected chi connectivity index (χ0v) is 13.1. The molecule has 0 atom stereocenters. The van der Waals surface area contributed by atoms with Gasteiger partial charge in [0, 0.05) is 5.69 Å². The Labute approximate surface area is 138 Å². The number of para-hydroxylation sites is 1. The van der Waals surface area contributed by atoms with E-state index in [-0.39, 0.29) is 5.91 Å². The van der Waals surface area contributed by atoms with Crippen LogP contribution >= 0.6 is 11.5 Å². The summed E-state index contributed by atoms with van der Waals surface area (Å²) in [6.45, 7) is 0.348. The van der Waals surface area contributed by atoms with E-state index in [4.69, 9.17) is 4.74 Å². The van der Waals surface area contributed by atoms with Gasteiger partial charge < -0.3 is 10.1 Å². The predicted octanol–water partition coefficient (Wildman–Crippen LogP) is 3.61. The van der Waals surface area contributed by atoms with Crippen LogP contribution in [0.2, 0.25) is 0 Å². The van der Waals surface area contributed by atoms with Crippen LogP contribution in [0.15, 0.2) is 60.8 Å². The van der Waals surface area contributed by atoms with Gasteiger partial charge in [0.1, 0.15) is 5.75 Å². The first-order valence-electron chi connectivity index (χ1n) is 7.17. The molecule has 0 saturated heterocycles. The molecule has 0 unspecified atom stereocenters. The van der Waals surface area contributed by atoms with E-state index in [1.807, 2.05) is 54.6 Å². The summed E-state index contributed by atoms with van der Waals surface area (Å²) in [6, 6.07) is 17.1. The molecular formula is C17H15N3O2S. The van der Waals surface area contributed by atoms with E-state index < -0.39 is 0 Å². The maximum Gasteiger partial charge on any atom is 0.227 e. The molecule has 0 bridgehead atoms. The number of carbonyl (C=O) groups is 1. The first kappa shape index (κ1) is 15.2. The van der Waals surface area contributed by atoms with Crippen LogP contribution < -0.4 is 10.1 Å². The third-order valence-corrected chi connectivity index (χ3v) is 3.87. The lowest BCUT2D eigenvalue weighted by Crippen LogP contribution is -2.15. The van der Waals surface area contributed by atoms with Gasteiger partial charge >= 0.3 is 0 Å². The fourth-order valence-electron chi connectivity index (χ4n) is 2.01. The molecule has 0 saturated carbocycles. The number of nitrogens with zero attached hydrogens (tertiary/aromatic N) is 2. The lowest BCUT2D eigenvalue weighted by molar-refractivity contribution is -0.116. The number of ether oxygens (including phenoxy) is 1. The van der Waals surface area contributed by atoms with Crippen LogP contribution in [0.25, 0.3) is 10.4 Å². The van der Waals surface area contributed by atoms with Gasteiger partial charge in [0.2, 0.25) is 5.91 Å². The summed E-state index contributed by atoms with van der Waals surface area (Å²) >= 11 is 1.34. The van der Waals surface area contributed by atoms with Crippen LogP contribution in [-0.2, 0) is 4.79 Å². The van der Waals surface area contributed by atoms with Crippen LogP contribution in [0.3, 0.4) is 0 Å². The van der Waals surface area contributed by atoms with E-state index in [0.29, 0.717) is 13.0 Å². The van der Waals surface area contributed by atoms with E-state index in [0.717, 1.165) is 21.9 Å². The van der Waals surface area contributed by atoms with Crippen molar-refractivity contribution in [2.75, 3.05) is 11.9 Å². The van der Waals surface area contributed by atoms with Crippen LogP contribution in [0.1, 0.15) is 6.42 Å². The second-order valence-electron chi connectivity index (χ2n) is 4.82. The van der Waals surface area contributed by atoms with Crippen molar-refractivity contribution in [3.63, 3.8) is 0 Å². The number of anilines is 1. The van der Waals surface area contributed by atoms with Crippen molar-refractivity contribution in [1.82, 2.24) is 9.59 Å². The fourth-order valence-corrected chi connectivity index (χ4v) is 2.53. The van der Waals surface area contributed by atoms with E-state index in [1.165, 1.54) is 11.5 Å². The minimum atomic E-state index is -0.0758. The largest absolute Gasteiger partial charge is 0.493 e. The van der Waals surface area contributed by atoms with Crippen molar-refractivity contribution >= 4 is 23.1 Å². The summed E-state index contributed by atoms with van der Waals surface area (Å²) < 4.78 is 9.35. The number of carbonyl (C=O) groups excluding carboxylic acids is 1. The Morgan fingerprint density at radius 1 is 1.09 bits per heavy atom. The highest BCUT2D eigenvalue weighted by Gasteiger charge is 2.05. The SMILES string of the molecule is O=C(CCOc1ccccc1)Nc1ccc(-c2cnns2)cc1. The van der Waals surface area contributed by atoms with Crippen LogP contribution in [0.5, 0.6) is 5.75 Å². The van der Waals surface area contributed by atoms with Crippen LogP contribution in [0, 0.1) is 0 Å². The molecule has 6 heteroatoms. The second kappa shape index (κ2) is 7.51. The Hall–Kier alpha value is -2.73. The predicted molar refractivity (Wildman–Crippen MR) is 90.5 cm³/mol. The molecule has 3 rings (SSSR count). The maximum atomic E-state index is 11.9. The molecule has 5 nitrogen and oxygen atoms in total. The fraction of sp³-hybridized carbons (Fsp3) is 0.118. The van der Waals surface area contributed by atoms with E-state index >= 15 is 0 Å². The van der Waals surface area contributed by atoms with Gasteiger partial charge in [-0.2, -0.15) is 0 Å². The van der Waals surface area contributed by atoms with Crippen molar-refractivity contribution in [1.29, 1.82) is 0 Å². The van der Waals surface area contributed by atoms with E-state index in [1.54, 1.807) is 6.20 Å². The molecular weight excluding hydrogens is 310 g/mol. The lowest BCUT2D eigenvalue weighted by Gasteiger charge is -2.07. The van der Waals surface area contributed by atoms with Crippen molar-refractivity contribution in [2.24, 2.45) is 0 Å². The molecule has 3 aromatic rings. The molecule has 0 aliphatic heterocycles. The van der Waals surface area contributed by atoms with Crippen LogP contribution in [-0.4, -0.2) is 22.1 Å². The average molecular weight is 325 g/mol. The maximum absolute atomic E-state index is 11.9. The molecule has 0 aliphatic carbocycles. The summed E-state index contributed by atoms with van der Waals surface area (Å²) in [5.74, 6) is 0.691. The molecule has 1 heterocycles. The average Bonchev–Trinajstić information content (AvgIpc) is 3.11.